The molecule has 0 amide bonds. The first-order valence-corrected chi connectivity index (χ1v) is 12.1. The van der Waals surface area contributed by atoms with Crippen LogP contribution in [-0.4, -0.2) is 83.7 Å². The summed E-state index contributed by atoms with van der Waals surface area (Å²) in [5, 5.41) is 31.7. The molecule has 0 saturated carbocycles. The lowest BCUT2D eigenvalue weighted by atomic mass is 10.1. The zero-order valence-corrected chi connectivity index (χ0v) is 22.1. The van der Waals surface area contributed by atoms with Crippen molar-refractivity contribution in [3.8, 4) is 17.6 Å². The second-order valence-corrected chi connectivity index (χ2v) is 8.44. The molecule has 0 aromatic heterocycles. The number of likely N-dealkylation sites (N-methyl/N-ethyl adjacent to an activating group) is 1. The van der Waals surface area contributed by atoms with Crippen molar-refractivity contribution in [3.05, 3.63) is 80.8 Å². The zero-order valence-electron chi connectivity index (χ0n) is 22.1. The van der Waals surface area contributed by atoms with Crippen LogP contribution in [0.4, 0.5) is 0 Å². The molecule has 1 N–H and O–H groups in total. The van der Waals surface area contributed by atoms with Gasteiger partial charge in [0.15, 0.2) is 0 Å². The number of hydrogen-bond donors (Lipinski definition) is 1. The maximum absolute atomic E-state index is 12.8. The minimum Gasteiger partial charge on any atom is -0.478 e. The molecule has 2 aromatic carbocycles. The number of carboxylic acid groups (broad SMARTS) is 1. The molecule has 0 aliphatic carbocycles. The molecule has 15 heteroatoms. The van der Waals surface area contributed by atoms with Crippen LogP contribution in [0.2, 0.25) is 0 Å². The lowest BCUT2D eigenvalue weighted by molar-refractivity contribution is -0.422. The molecule has 212 valence electrons. The van der Waals surface area contributed by atoms with E-state index in [4.69, 9.17) is 19.0 Å². The van der Waals surface area contributed by atoms with Crippen LogP contribution in [-0.2, 0) is 14.4 Å². The standard InChI is InChI=1S/C26H24N6O9/c1-4-39-25(35)20-21(32(36)37)23(40-18-9-8-16(14-27)19(13-18)24(33)34)31(38-3)26(29-20)41-17-7-5-6-15(12-17)22-28-10-11-30(22)2/h5-9,12-13,26H,4,10-11H2,1-3H3,(H,33,34). The van der Waals surface area contributed by atoms with E-state index in [1.807, 2.05) is 18.0 Å². The van der Waals surface area contributed by atoms with E-state index < -0.39 is 46.1 Å². The largest absolute Gasteiger partial charge is 0.478 e. The smallest absolute Gasteiger partial charge is 0.364 e. The molecule has 2 aromatic rings. The van der Waals surface area contributed by atoms with Crippen LogP contribution in [0.3, 0.4) is 0 Å². The van der Waals surface area contributed by atoms with Crippen LogP contribution < -0.4 is 9.47 Å². The van der Waals surface area contributed by atoms with E-state index in [-0.39, 0.29) is 23.7 Å². The Labute approximate surface area is 233 Å². The Kier molecular flexibility index (Phi) is 8.44. The maximum Gasteiger partial charge on any atom is 0.364 e. The molecule has 2 heterocycles. The number of aromatic carboxylic acids is 1. The van der Waals surface area contributed by atoms with Gasteiger partial charge in [0.1, 0.15) is 23.4 Å². The average Bonchev–Trinajstić information content (AvgIpc) is 3.38. The molecule has 0 radical (unpaired) electrons. The van der Waals surface area contributed by atoms with Gasteiger partial charge in [-0.3, -0.25) is 19.9 Å². The first kappa shape index (κ1) is 28.5. The quantitative estimate of drug-likeness (QED) is 0.251. The van der Waals surface area contributed by atoms with Crippen molar-refractivity contribution >= 4 is 23.5 Å². The first-order chi connectivity index (χ1) is 19.7. The van der Waals surface area contributed by atoms with Crippen LogP contribution in [0, 0.1) is 21.4 Å². The third-order valence-corrected chi connectivity index (χ3v) is 5.86. The third kappa shape index (κ3) is 5.92. The molecule has 0 saturated heterocycles. The molecule has 1 unspecified atom stereocenters. The molecule has 15 nitrogen and oxygen atoms in total. The Morgan fingerprint density at radius 3 is 2.63 bits per heavy atom. The number of hydroxylamine groups is 2. The van der Waals surface area contributed by atoms with E-state index in [9.17, 15) is 30.1 Å². The number of nitrogens with zero attached hydrogens (tertiary/aromatic N) is 6. The van der Waals surface area contributed by atoms with Crippen LogP contribution in [0.5, 0.6) is 11.5 Å². The summed E-state index contributed by atoms with van der Waals surface area (Å²) < 4.78 is 16.7. The number of carbonyl (C=O) groups is 2. The molecule has 4 rings (SSSR count). The van der Waals surface area contributed by atoms with E-state index in [2.05, 4.69) is 9.98 Å². The van der Waals surface area contributed by atoms with Crippen molar-refractivity contribution < 1.29 is 38.7 Å². The van der Waals surface area contributed by atoms with Crippen LogP contribution >= 0.6 is 0 Å². The number of nitriles is 1. The van der Waals surface area contributed by atoms with Gasteiger partial charge in [-0.1, -0.05) is 12.1 Å². The van der Waals surface area contributed by atoms with Gasteiger partial charge < -0.3 is 24.2 Å². The second-order valence-electron chi connectivity index (χ2n) is 8.44. The fraction of sp³-hybridized carbons (Fsp3) is 0.269. The predicted octanol–water partition coefficient (Wildman–Crippen LogP) is 2.02. The average molecular weight is 565 g/mol. The SMILES string of the molecule is CCOC(=O)C1=NC(Oc2cccc(C3=NCCN3C)c2)N(OC)C(Oc2ccc(C#N)c(C(=O)O)c2)=C1[N+](=O)[O-]. The molecule has 1 atom stereocenters. The number of nitro groups is 1. The second kappa shape index (κ2) is 12.1. The number of ether oxygens (including phenoxy) is 3. The summed E-state index contributed by atoms with van der Waals surface area (Å²) in [6.45, 7) is 2.80. The minimum atomic E-state index is -1.52. The van der Waals surface area contributed by atoms with Gasteiger partial charge in [0.2, 0.25) is 5.71 Å². The van der Waals surface area contributed by atoms with E-state index in [0.717, 1.165) is 29.1 Å². The van der Waals surface area contributed by atoms with E-state index in [1.165, 1.54) is 26.2 Å². The molecular weight excluding hydrogens is 540 g/mol. The molecule has 2 aliphatic rings. The number of amidine groups is 1. The molecule has 0 fully saturated rings. The number of esters is 1. The van der Waals surface area contributed by atoms with Gasteiger partial charge in [-0.25, -0.2) is 14.6 Å². The number of rotatable bonds is 10. The summed E-state index contributed by atoms with van der Waals surface area (Å²) in [6.07, 6.45) is -1.52. The van der Waals surface area contributed by atoms with Crippen LogP contribution in [0.15, 0.2) is 64.0 Å². The summed E-state index contributed by atoms with van der Waals surface area (Å²) in [5.74, 6) is -2.38. The van der Waals surface area contributed by atoms with E-state index in [1.54, 1.807) is 24.3 Å². The number of carboxylic acids is 1. The lowest BCUT2D eigenvalue weighted by Crippen LogP contribution is -2.46. The maximum atomic E-state index is 12.8. The summed E-state index contributed by atoms with van der Waals surface area (Å²) in [6, 6.07) is 12.0. The number of benzene rings is 2. The summed E-state index contributed by atoms with van der Waals surface area (Å²) in [4.78, 5) is 51.7. The first-order valence-electron chi connectivity index (χ1n) is 12.1. The van der Waals surface area contributed by atoms with E-state index in [0.29, 0.717) is 6.54 Å². The van der Waals surface area contributed by atoms with Crippen molar-refractivity contribution in [1.82, 2.24) is 9.96 Å². The number of carbonyl (C=O) groups excluding carboxylic acids is 1. The third-order valence-electron chi connectivity index (χ3n) is 5.86. The molecule has 2 aliphatic heterocycles. The van der Waals surface area contributed by atoms with Crippen molar-refractivity contribution in [3.63, 3.8) is 0 Å². The van der Waals surface area contributed by atoms with Gasteiger partial charge in [0.05, 0.1) is 36.3 Å². The summed E-state index contributed by atoms with van der Waals surface area (Å²) in [7, 11) is 3.07. The highest BCUT2D eigenvalue weighted by Crippen LogP contribution is 2.30. The highest BCUT2D eigenvalue weighted by molar-refractivity contribution is 6.42. The van der Waals surface area contributed by atoms with Crippen molar-refractivity contribution in [1.29, 1.82) is 5.26 Å². The highest BCUT2D eigenvalue weighted by Gasteiger charge is 2.45. The van der Waals surface area contributed by atoms with Gasteiger partial charge in [0, 0.05) is 19.2 Å². The van der Waals surface area contributed by atoms with Crippen LogP contribution in [0.1, 0.15) is 28.4 Å². The lowest BCUT2D eigenvalue weighted by Gasteiger charge is -2.32. The Hall–Kier alpha value is -5.49. The number of aliphatic imine (C=N–C) groups is 2. The van der Waals surface area contributed by atoms with Gasteiger partial charge in [-0.2, -0.15) is 10.3 Å². The summed E-state index contributed by atoms with van der Waals surface area (Å²) in [5.41, 5.74) is -1.45. The Balaban J connectivity index is 1.79. The van der Waals surface area contributed by atoms with Gasteiger partial charge in [-0.05, 0) is 37.3 Å². The monoisotopic (exact) mass is 564 g/mol. The Morgan fingerprint density at radius 2 is 2.02 bits per heavy atom. The van der Waals surface area contributed by atoms with E-state index >= 15 is 0 Å². The number of hydrogen-bond acceptors (Lipinski definition) is 13. The van der Waals surface area contributed by atoms with Gasteiger partial charge in [0.25, 0.3) is 6.35 Å². The molecule has 0 spiro atoms. The highest BCUT2D eigenvalue weighted by atomic mass is 16.7. The normalized spacial score (nSPS) is 16.5. The molecule has 0 bridgehead atoms. The zero-order chi connectivity index (χ0) is 29.7. The van der Waals surface area contributed by atoms with Crippen molar-refractivity contribution in [2.75, 3.05) is 33.9 Å². The summed E-state index contributed by atoms with van der Waals surface area (Å²) >= 11 is 0. The van der Waals surface area contributed by atoms with Gasteiger partial charge >= 0.3 is 23.5 Å². The Bertz CT molecular complexity index is 1530. The molecule has 41 heavy (non-hydrogen) atoms. The Morgan fingerprint density at radius 1 is 1.24 bits per heavy atom. The fourth-order valence-electron chi connectivity index (χ4n) is 4.03. The fourth-order valence-corrected chi connectivity index (χ4v) is 4.03. The minimum absolute atomic E-state index is 0.103. The van der Waals surface area contributed by atoms with Crippen LogP contribution in [0.25, 0.3) is 0 Å². The van der Waals surface area contributed by atoms with Gasteiger partial charge in [-0.15, -0.1) is 0 Å². The van der Waals surface area contributed by atoms with Crippen molar-refractivity contribution in [2.45, 2.75) is 13.3 Å². The predicted molar refractivity (Wildman–Crippen MR) is 141 cm³/mol. The molecular formula is C26H24N6O9. The topological polar surface area (TPSA) is 189 Å². The van der Waals surface area contributed by atoms with Crippen molar-refractivity contribution in [2.24, 2.45) is 9.98 Å².